The lowest BCUT2D eigenvalue weighted by molar-refractivity contribution is -0.385. The fraction of sp³-hybridized carbons (Fsp3) is 0.316. The standard InChI is InChI=1S/C19H20ClN3O4/c1-21-12-15-3-2-10-22(15)19(24)13-4-7-16(8-5-13)27-18-9-6-14(20)11-17(18)23(25)26/h4-9,11,15,21H,2-3,10,12H2,1H3. The van der Waals surface area contributed by atoms with E-state index in [1.54, 1.807) is 24.3 Å². The molecule has 1 heterocycles. The average Bonchev–Trinajstić information content (AvgIpc) is 3.11. The minimum atomic E-state index is -0.547. The smallest absolute Gasteiger partial charge is 0.313 e. The van der Waals surface area contributed by atoms with Crippen molar-refractivity contribution in [2.75, 3.05) is 20.1 Å². The summed E-state index contributed by atoms with van der Waals surface area (Å²) in [5.74, 6) is 0.485. The normalized spacial score (nSPS) is 16.4. The first kappa shape index (κ1) is 19.1. The molecule has 142 valence electrons. The van der Waals surface area contributed by atoms with Gasteiger partial charge in [-0.3, -0.25) is 14.9 Å². The Hall–Kier alpha value is -2.64. The van der Waals surface area contributed by atoms with Crippen LogP contribution in [0.4, 0.5) is 5.69 Å². The predicted molar refractivity (Wildman–Crippen MR) is 103 cm³/mol. The van der Waals surface area contributed by atoms with Crippen LogP contribution in [0.5, 0.6) is 11.5 Å². The number of hydrogen-bond donors (Lipinski definition) is 1. The molecule has 1 aliphatic heterocycles. The van der Waals surface area contributed by atoms with E-state index in [1.807, 2.05) is 11.9 Å². The third-order valence-corrected chi connectivity index (χ3v) is 4.76. The first-order valence-electron chi connectivity index (χ1n) is 8.67. The molecule has 8 heteroatoms. The minimum Gasteiger partial charge on any atom is -0.450 e. The molecule has 1 atom stereocenters. The number of carbonyl (C=O) groups excluding carboxylic acids is 1. The SMILES string of the molecule is CNCC1CCCN1C(=O)c1ccc(Oc2ccc(Cl)cc2[N+](=O)[O-])cc1. The maximum Gasteiger partial charge on any atom is 0.313 e. The zero-order valence-corrected chi connectivity index (χ0v) is 15.6. The van der Waals surface area contributed by atoms with E-state index in [2.05, 4.69) is 5.32 Å². The van der Waals surface area contributed by atoms with Crippen molar-refractivity contribution in [3.8, 4) is 11.5 Å². The van der Waals surface area contributed by atoms with Crippen molar-refractivity contribution in [2.45, 2.75) is 18.9 Å². The molecule has 27 heavy (non-hydrogen) atoms. The molecule has 0 aliphatic carbocycles. The van der Waals surface area contributed by atoms with E-state index in [0.717, 1.165) is 25.9 Å². The van der Waals surface area contributed by atoms with Gasteiger partial charge >= 0.3 is 5.69 Å². The number of benzene rings is 2. The summed E-state index contributed by atoms with van der Waals surface area (Å²) in [6.07, 6.45) is 1.99. The highest BCUT2D eigenvalue weighted by Crippen LogP contribution is 2.33. The van der Waals surface area contributed by atoms with Gasteiger partial charge in [0.1, 0.15) is 5.75 Å². The Balaban J connectivity index is 1.74. The second-order valence-electron chi connectivity index (χ2n) is 6.35. The summed E-state index contributed by atoms with van der Waals surface area (Å²) in [5, 5.41) is 14.5. The van der Waals surface area contributed by atoms with Gasteiger partial charge < -0.3 is 15.0 Å². The molecule has 7 nitrogen and oxygen atoms in total. The number of nitro benzene ring substituents is 1. The first-order chi connectivity index (χ1) is 13.0. The van der Waals surface area contributed by atoms with Gasteiger partial charge in [0.2, 0.25) is 5.75 Å². The van der Waals surface area contributed by atoms with Gasteiger partial charge in [-0.1, -0.05) is 11.6 Å². The van der Waals surface area contributed by atoms with Crippen LogP contribution in [0.1, 0.15) is 23.2 Å². The van der Waals surface area contributed by atoms with Gasteiger partial charge in [0.15, 0.2) is 0 Å². The van der Waals surface area contributed by atoms with E-state index in [0.29, 0.717) is 11.3 Å². The molecule has 1 amide bonds. The summed E-state index contributed by atoms with van der Waals surface area (Å²) < 4.78 is 5.61. The number of ether oxygens (including phenoxy) is 1. The fourth-order valence-electron chi connectivity index (χ4n) is 3.23. The van der Waals surface area contributed by atoms with Crippen LogP contribution >= 0.6 is 11.6 Å². The number of nitro groups is 1. The number of likely N-dealkylation sites (tertiary alicyclic amines) is 1. The van der Waals surface area contributed by atoms with E-state index in [-0.39, 0.29) is 28.4 Å². The van der Waals surface area contributed by atoms with Crippen molar-refractivity contribution in [1.82, 2.24) is 10.2 Å². The van der Waals surface area contributed by atoms with Gasteiger partial charge in [-0.25, -0.2) is 0 Å². The Morgan fingerprint density at radius 1 is 1.33 bits per heavy atom. The zero-order valence-electron chi connectivity index (χ0n) is 14.9. The molecule has 0 spiro atoms. The van der Waals surface area contributed by atoms with Crippen molar-refractivity contribution in [1.29, 1.82) is 0 Å². The van der Waals surface area contributed by atoms with Crippen LogP contribution in [0.2, 0.25) is 5.02 Å². The van der Waals surface area contributed by atoms with Gasteiger partial charge in [0, 0.05) is 35.8 Å². The topological polar surface area (TPSA) is 84.7 Å². The van der Waals surface area contributed by atoms with E-state index >= 15 is 0 Å². The third kappa shape index (κ3) is 4.37. The summed E-state index contributed by atoms with van der Waals surface area (Å²) in [4.78, 5) is 25.2. The molecule has 1 unspecified atom stereocenters. The van der Waals surface area contributed by atoms with E-state index in [4.69, 9.17) is 16.3 Å². The molecule has 3 rings (SSSR count). The summed E-state index contributed by atoms with van der Waals surface area (Å²) in [6.45, 7) is 1.52. The molecule has 0 saturated carbocycles. The van der Waals surface area contributed by atoms with Crippen LogP contribution < -0.4 is 10.1 Å². The number of nitrogens with zero attached hydrogens (tertiary/aromatic N) is 2. The summed E-state index contributed by atoms with van der Waals surface area (Å²) in [6, 6.07) is 11.0. The number of halogens is 1. The molecule has 1 saturated heterocycles. The van der Waals surface area contributed by atoms with E-state index < -0.39 is 4.92 Å². The van der Waals surface area contributed by atoms with Crippen molar-refractivity contribution >= 4 is 23.2 Å². The van der Waals surface area contributed by atoms with Crippen LogP contribution in [-0.2, 0) is 0 Å². The molecular weight excluding hydrogens is 370 g/mol. The van der Waals surface area contributed by atoms with E-state index in [1.165, 1.54) is 18.2 Å². The van der Waals surface area contributed by atoms with Gasteiger partial charge in [0.05, 0.1) is 4.92 Å². The number of carbonyl (C=O) groups is 1. The minimum absolute atomic E-state index is 0.0169. The Bertz CT molecular complexity index is 841. The Morgan fingerprint density at radius 2 is 2.07 bits per heavy atom. The molecule has 0 aromatic heterocycles. The highest BCUT2D eigenvalue weighted by atomic mass is 35.5. The number of likely N-dealkylation sites (N-methyl/N-ethyl adjacent to an activating group) is 1. The van der Waals surface area contributed by atoms with Gasteiger partial charge in [0.25, 0.3) is 5.91 Å². The lowest BCUT2D eigenvalue weighted by Gasteiger charge is -2.24. The molecule has 0 bridgehead atoms. The van der Waals surface area contributed by atoms with Crippen molar-refractivity contribution in [2.24, 2.45) is 0 Å². The Morgan fingerprint density at radius 3 is 2.74 bits per heavy atom. The molecule has 0 radical (unpaired) electrons. The second-order valence-corrected chi connectivity index (χ2v) is 6.78. The molecular formula is C19H20ClN3O4. The van der Waals surface area contributed by atoms with Gasteiger partial charge in [-0.05, 0) is 56.3 Å². The molecule has 2 aromatic rings. The van der Waals surface area contributed by atoms with Crippen molar-refractivity contribution < 1.29 is 14.5 Å². The number of nitrogens with one attached hydrogen (secondary N) is 1. The fourth-order valence-corrected chi connectivity index (χ4v) is 3.40. The van der Waals surface area contributed by atoms with Crippen LogP contribution in [-0.4, -0.2) is 41.9 Å². The van der Waals surface area contributed by atoms with Crippen LogP contribution in [0.3, 0.4) is 0 Å². The number of hydrogen-bond acceptors (Lipinski definition) is 5. The maximum atomic E-state index is 12.7. The average molecular weight is 390 g/mol. The quantitative estimate of drug-likeness (QED) is 0.599. The highest BCUT2D eigenvalue weighted by Gasteiger charge is 2.28. The summed E-state index contributed by atoms with van der Waals surface area (Å²) >= 11 is 5.81. The molecule has 1 fully saturated rings. The monoisotopic (exact) mass is 389 g/mol. The highest BCUT2D eigenvalue weighted by molar-refractivity contribution is 6.30. The number of rotatable bonds is 6. The Labute approximate surface area is 162 Å². The zero-order chi connectivity index (χ0) is 19.4. The van der Waals surface area contributed by atoms with Crippen LogP contribution in [0.15, 0.2) is 42.5 Å². The van der Waals surface area contributed by atoms with Gasteiger partial charge in [-0.15, -0.1) is 0 Å². The van der Waals surface area contributed by atoms with E-state index in [9.17, 15) is 14.9 Å². The van der Waals surface area contributed by atoms with Crippen LogP contribution in [0.25, 0.3) is 0 Å². The Kier molecular flexibility index (Phi) is 5.93. The van der Waals surface area contributed by atoms with Gasteiger partial charge in [-0.2, -0.15) is 0 Å². The third-order valence-electron chi connectivity index (χ3n) is 4.52. The lowest BCUT2D eigenvalue weighted by atomic mass is 10.1. The van der Waals surface area contributed by atoms with Crippen molar-refractivity contribution in [3.63, 3.8) is 0 Å². The predicted octanol–water partition coefficient (Wildman–Crippen LogP) is 3.86. The second kappa shape index (κ2) is 8.37. The largest absolute Gasteiger partial charge is 0.450 e. The molecule has 2 aromatic carbocycles. The van der Waals surface area contributed by atoms with Crippen molar-refractivity contribution in [3.05, 3.63) is 63.2 Å². The lowest BCUT2D eigenvalue weighted by Crippen LogP contribution is -2.40. The number of amides is 1. The summed E-state index contributed by atoms with van der Waals surface area (Å²) in [7, 11) is 1.88. The maximum absolute atomic E-state index is 12.7. The molecule has 1 aliphatic rings. The van der Waals surface area contributed by atoms with Crippen LogP contribution in [0, 0.1) is 10.1 Å². The summed E-state index contributed by atoms with van der Waals surface area (Å²) in [5.41, 5.74) is 0.352. The first-order valence-corrected chi connectivity index (χ1v) is 9.05. The molecule has 1 N–H and O–H groups in total.